The maximum absolute atomic E-state index is 13.4. The highest BCUT2D eigenvalue weighted by Gasteiger charge is 2.31. The molecule has 0 aliphatic heterocycles. The van der Waals surface area contributed by atoms with Crippen LogP contribution < -0.4 is 5.56 Å². The van der Waals surface area contributed by atoms with Crippen LogP contribution in [0.1, 0.15) is 16.8 Å². The Kier molecular flexibility index (Phi) is 5.97. The van der Waals surface area contributed by atoms with Crippen LogP contribution in [0.2, 0.25) is 5.02 Å². The predicted octanol–water partition coefficient (Wildman–Crippen LogP) is 6.72. The molecular formula is C27H18ClF3N4O. The summed E-state index contributed by atoms with van der Waals surface area (Å²) in [6, 6.07) is 20.5. The summed E-state index contributed by atoms with van der Waals surface area (Å²) in [5.41, 5.74) is 1.52. The summed E-state index contributed by atoms with van der Waals surface area (Å²) in [4.78, 5) is 17.9. The first-order valence-electron chi connectivity index (χ1n) is 10.9. The van der Waals surface area contributed by atoms with Crippen LogP contribution in [0.15, 0.2) is 95.0 Å². The van der Waals surface area contributed by atoms with E-state index in [9.17, 15) is 18.0 Å². The van der Waals surface area contributed by atoms with Crippen molar-refractivity contribution in [1.82, 2.24) is 14.2 Å². The van der Waals surface area contributed by atoms with Crippen molar-refractivity contribution in [1.29, 1.82) is 0 Å². The van der Waals surface area contributed by atoms with Gasteiger partial charge in [-0.2, -0.15) is 22.9 Å². The molecule has 0 saturated carbocycles. The molecule has 2 aromatic heterocycles. The monoisotopic (exact) mass is 506 g/mol. The zero-order valence-electron chi connectivity index (χ0n) is 18.9. The standard InChI is InChI=1S/C27H18ClF3N4O/c1-17-14-20(11-12-23(17)28)34-13-5-8-21(34)16-32-35-25(18-6-4-7-19(15-18)27(29,30)31)33-24-10-3-2-9-22(24)26(35)36/h2-16H,1H3. The SMILES string of the molecule is Cc1cc(-n2cccc2C=Nn2c(-c3cccc(C(F)(F)F)c3)nc3ccccc3c2=O)ccc1Cl. The average Bonchev–Trinajstić information content (AvgIpc) is 3.33. The van der Waals surface area contributed by atoms with Gasteiger partial charge in [0.05, 0.1) is 28.4 Å². The minimum absolute atomic E-state index is 0.00138. The van der Waals surface area contributed by atoms with Crippen LogP contribution in [0, 0.1) is 6.92 Å². The van der Waals surface area contributed by atoms with Gasteiger partial charge >= 0.3 is 6.18 Å². The Balaban J connectivity index is 1.67. The summed E-state index contributed by atoms with van der Waals surface area (Å²) >= 11 is 6.15. The summed E-state index contributed by atoms with van der Waals surface area (Å²) in [7, 11) is 0. The molecule has 3 aromatic carbocycles. The van der Waals surface area contributed by atoms with Crippen molar-refractivity contribution in [3.05, 3.63) is 117 Å². The molecular weight excluding hydrogens is 489 g/mol. The molecule has 0 saturated heterocycles. The van der Waals surface area contributed by atoms with E-state index in [0.717, 1.165) is 28.1 Å². The van der Waals surface area contributed by atoms with E-state index in [-0.39, 0.29) is 11.4 Å². The quantitative estimate of drug-likeness (QED) is 0.254. The van der Waals surface area contributed by atoms with Crippen molar-refractivity contribution >= 4 is 28.7 Å². The summed E-state index contributed by atoms with van der Waals surface area (Å²) in [6.45, 7) is 1.89. The number of halogens is 4. The van der Waals surface area contributed by atoms with E-state index in [1.54, 1.807) is 36.4 Å². The van der Waals surface area contributed by atoms with Gasteiger partial charge in [-0.1, -0.05) is 35.9 Å². The number of nitrogens with zero attached hydrogens (tertiary/aromatic N) is 4. The van der Waals surface area contributed by atoms with Crippen molar-refractivity contribution in [3.8, 4) is 17.1 Å². The second-order valence-corrected chi connectivity index (χ2v) is 8.54. The van der Waals surface area contributed by atoms with E-state index in [4.69, 9.17) is 11.6 Å². The van der Waals surface area contributed by atoms with E-state index in [1.165, 1.54) is 18.3 Å². The van der Waals surface area contributed by atoms with Crippen molar-refractivity contribution in [2.24, 2.45) is 5.10 Å². The lowest BCUT2D eigenvalue weighted by Gasteiger charge is -2.12. The van der Waals surface area contributed by atoms with E-state index in [1.807, 2.05) is 35.9 Å². The van der Waals surface area contributed by atoms with Crippen LogP contribution in [-0.2, 0) is 6.18 Å². The van der Waals surface area contributed by atoms with E-state index < -0.39 is 17.3 Å². The lowest BCUT2D eigenvalue weighted by atomic mass is 10.1. The van der Waals surface area contributed by atoms with Crippen molar-refractivity contribution < 1.29 is 13.2 Å². The van der Waals surface area contributed by atoms with Gasteiger partial charge in [-0.3, -0.25) is 4.79 Å². The number of hydrogen-bond acceptors (Lipinski definition) is 3. The molecule has 0 bridgehead atoms. The lowest BCUT2D eigenvalue weighted by Crippen LogP contribution is -2.20. The zero-order valence-corrected chi connectivity index (χ0v) is 19.6. The topological polar surface area (TPSA) is 52.2 Å². The average molecular weight is 507 g/mol. The van der Waals surface area contributed by atoms with E-state index in [0.29, 0.717) is 21.6 Å². The Bertz CT molecular complexity index is 1690. The summed E-state index contributed by atoms with van der Waals surface area (Å²) in [5.74, 6) is 0.00138. The van der Waals surface area contributed by atoms with Gasteiger partial charge in [0.15, 0.2) is 5.82 Å². The molecule has 36 heavy (non-hydrogen) atoms. The van der Waals surface area contributed by atoms with Gasteiger partial charge in [-0.05, 0) is 67.1 Å². The number of alkyl halides is 3. The lowest BCUT2D eigenvalue weighted by molar-refractivity contribution is -0.137. The minimum Gasteiger partial charge on any atom is -0.316 e. The van der Waals surface area contributed by atoms with E-state index >= 15 is 0 Å². The molecule has 0 amide bonds. The van der Waals surface area contributed by atoms with Crippen LogP contribution in [0.5, 0.6) is 0 Å². The number of para-hydroxylation sites is 1. The predicted molar refractivity (Wildman–Crippen MR) is 135 cm³/mol. The summed E-state index contributed by atoms with van der Waals surface area (Å²) in [5, 5.41) is 5.32. The first-order chi connectivity index (χ1) is 17.2. The fourth-order valence-corrected chi connectivity index (χ4v) is 4.00. The highest BCUT2D eigenvalue weighted by atomic mass is 35.5. The summed E-state index contributed by atoms with van der Waals surface area (Å²) in [6.07, 6.45) is -1.24. The van der Waals surface area contributed by atoms with Crippen LogP contribution in [-0.4, -0.2) is 20.4 Å². The fraction of sp³-hybridized carbons (Fsp3) is 0.0741. The highest BCUT2D eigenvalue weighted by molar-refractivity contribution is 6.31. The Morgan fingerprint density at radius 1 is 0.972 bits per heavy atom. The number of aryl methyl sites for hydroxylation is 1. The molecule has 180 valence electrons. The molecule has 0 atom stereocenters. The molecule has 0 N–H and O–H groups in total. The van der Waals surface area contributed by atoms with Gasteiger partial charge in [0.1, 0.15) is 0 Å². The van der Waals surface area contributed by atoms with Crippen LogP contribution in [0.25, 0.3) is 28.0 Å². The van der Waals surface area contributed by atoms with Crippen LogP contribution >= 0.6 is 11.6 Å². The third-order valence-electron chi connectivity index (χ3n) is 5.71. The van der Waals surface area contributed by atoms with Gasteiger partial charge in [0.25, 0.3) is 5.56 Å². The Morgan fingerprint density at radius 2 is 1.78 bits per heavy atom. The third kappa shape index (κ3) is 4.43. The highest BCUT2D eigenvalue weighted by Crippen LogP contribution is 2.32. The zero-order chi connectivity index (χ0) is 25.4. The molecule has 0 fully saturated rings. The molecule has 9 heteroatoms. The van der Waals surface area contributed by atoms with Gasteiger partial charge in [-0.25, -0.2) is 4.98 Å². The third-order valence-corrected chi connectivity index (χ3v) is 6.13. The second-order valence-electron chi connectivity index (χ2n) is 8.13. The number of fused-ring (bicyclic) bond motifs is 1. The van der Waals surface area contributed by atoms with E-state index in [2.05, 4.69) is 10.1 Å². The van der Waals surface area contributed by atoms with Gasteiger partial charge in [-0.15, -0.1) is 0 Å². The van der Waals surface area contributed by atoms with Gasteiger partial charge in [0.2, 0.25) is 0 Å². The normalized spacial score (nSPS) is 12.0. The van der Waals surface area contributed by atoms with Crippen molar-refractivity contribution in [2.75, 3.05) is 0 Å². The molecule has 0 radical (unpaired) electrons. The van der Waals surface area contributed by atoms with Crippen LogP contribution in [0.4, 0.5) is 13.2 Å². The number of benzene rings is 3. The molecule has 0 unspecified atom stereocenters. The Hall–Kier alpha value is -4.17. The molecule has 5 nitrogen and oxygen atoms in total. The smallest absolute Gasteiger partial charge is 0.316 e. The minimum atomic E-state index is -4.54. The maximum Gasteiger partial charge on any atom is 0.416 e. The fourth-order valence-electron chi connectivity index (χ4n) is 3.88. The Labute approximate surface area is 208 Å². The molecule has 0 spiro atoms. The molecule has 0 aliphatic rings. The second kappa shape index (κ2) is 9.13. The van der Waals surface area contributed by atoms with Crippen molar-refractivity contribution in [2.45, 2.75) is 13.1 Å². The number of rotatable bonds is 4. The number of hydrogen-bond donors (Lipinski definition) is 0. The number of aromatic nitrogens is 3. The first kappa shape index (κ1) is 23.6. The van der Waals surface area contributed by atoms with Gasteiger partial charge < -0.3 is 4.57 Å². The molecule has 5 aromatic rings. The first-order valence-corrected chi connectivity index (χ1v) is 11.3. The van der Waals surface area contributed by atoms with Gasteiger partial charge in [0, 0.05) is 22.5 Å². The largest absolute Gasteiger partial charge is 0.416 e. The molecule has 5 rings (SSSR count). The molecule has 0 aliphatic carbocycles. The van der Waals surface area contributed by atoms with Crippen molar-refractivity contribution in [3.63, 3.8) is 0 Å². The van der Waals surface area contributed by atoms with Crippen LogP contribution in [0.3, 0.4) is 0 Å². The maximum atomic E-state index is 13.4. The Morgan fingerprint density at radius 3 is 2.56 bits per heavy atom. The molecule has 2 heterocycles. The summed E-state index contributed by atoms with van der Waals surface area (Å²) < 4.78 is 43.0.